The van der Waals surface area contributed by atoms with Crippen molar-refractivity contribution in [2.24, 2.45) is 28.6 Å². The van der Waals surface area contributed by atoms with E-state index >= 15 is 0 Å². The van der Waals surface area contributed by atoms with Gasteiger partial charge in [-0.25, -0.2) is 0 Å². The van der Waals surface area contributed by atoms with Crippen LogP contribution in [0.15, 0.2) is 30.3 Å². The van der Waals surface area contributed by atoms with Crippen molar-refractivity contribution >= 4 is 5.91 Å². The van der Waals surface area contributed by atoms with E-state index < -0.39 is 0 Å². The quantitative estimate of drug-likeness (QED) is 0.696. The van der Waals surface area contributed by atoms with Gasteiger partial charge >= 0.3 is 0 Å². The molecule has 1 amide bonds. The molecule has 1 aromatic rings. The molecule has 0 aromatic heterocycles. The van der Waals surface area contributed by atoms with Gasteiger partial charge in [-0.2, -0.15) is 0 Å². The van der Waals surface area contributed by atoms with Crippen LogP contribution in [0.2, 0.25) is 0 Å². The van der Waals surface area contributed by atoms with Crippen LogP contribution in [0.4, 0.5) is 0 Å². The van der Waals surface area contributed by atoms with Gasteiger partial charge in [-0.05, 0) is 85.7 Å². The zero-order valence-corrected chi connectivity index (χ0v) is 17.7. The molecule has 0 radical (unpaired) electrons. The Kier molecular flexibility index (Phi) is 4.30. The molecule has 4 unspecified atom stereocenters. The summed E-state index contributed by atoms with van der Waals surface area (Å²) in [6.45, 7) is 5.04. The number of rotatable bonds is 2. The lowest BCUT2D eigenvalue weighted by Crippen LogP contribution is -2.61. The highest BCUT2D eigenvalue weighted by atomic mass is 16.5. The zero-order chi connectivity index (χ0) is 19.5. The molecule has 3 nitrogen and oxygen atoms in total. The molecule has 28 heavy (non-hydrogen) atoms. The molecule has 152 valence electrons. The fraction of sp³-hybridized carbons (Fsp3) is 0.720. The van der Waals surface area contributed by atoms with Gasteiger partial charge in [0.15, 0.2) is 0 Å². The molecular weight excluding hydrogens is 346 g/mol. The number of piperidine rings is 1. The number of benzene rings is 1. The molecule has 1 aliphatic heterocycles. The first-order valence-electron chi connectivity index (χ1n) is 11.4. The average molecular weight is 382 g/mol. The predicted octanol–water partition coefficient (Wildman–Crippen LogP) is 5.30. The van der Waals surface area contributed by atoms with Crippen LogP contribution in [-0.2, 0) is 4.79 Å². The summed E-state index contributed by atoms with van der Waals surface area (Å²) in [5, 5.41) is 0. The summed E-state index contributed by atoms with van der Waals surface area (Å²) in [5.41, 5.74) is 0.742. The van der Waals surface area contributed by atoms with E-state index in [1.165, 1.54) is 38.5 Å². The van der Waals surface area contributed by atoms with E-state index in [0.29, 0.717) is 28.9 Å². The Morgan fingerprint density at radius 3 is 2.61 bits per heavy atom. The third-order valence-electron chi connectivity index (χ3n) is 9.33. The van der Waals surface area contributed by atoms with Crippen molar-refractivity contribution in [1.29, 1.82) is 0 Å². The van der Waals surface area contributed by atoms with Gasteiger partial charge in [0.05, 0.1) is 6.10 Å². The second-order valence-electron chi connectivity index (χ2n) is 10.7. The topological polar surface area (TPSA) is 29.5 Å². The van der Waals surface area contributed by atoms with Crippen LogP contribution in [0, 0.1) is 28.6 Å². The van der Waals surface area contributed by atoms with Crippen molar-refractivity contribution in [2.45, 2.75) is 77.4 Å². The summed E-state index contributed by atoms with van der Waals surface area (Å²) in [6, 6.07) is 10.8. The number of amides is 1. The molecule has 1 saturated heterocycles. The highest BCUT2D eigenvalue weighted by Gasteiger charge is 2.60. The Morgan fingerprint density at radius 2 is 1.82 bits per heavy atom. The maximum Gasteiger partial charge on any atom is 0.222 e. The summed E-state index contributed by atoms with van der Waals surface area (Å²) < 4.78 is 6.42. The molecule has 3 aliphatic carbocycles. The lowest BCUT2D eigenvalue weighted by atomic mass is 9.47. The normalized spacial score (nSPS) is 45.2. The molecule has 4 fully saturated rings. The third kappa shape index (κ3) is 2.72. The van der Waals surface area contributed by atoms with Crippen molar-refractivity contribution < 1.29 is 9.53 Å². The first-order valence-corrected chi connectivity index (χ1v) is 11.4. The molecule has 3 heteroatoms. The Hall–Kier alpha value is -1.51. The SMILES string of the molecule is CN1C(=O)CC[C@]2(C)C3CC[C@]4(C)C[C@@H](Oc5ccccc5)CC4C3CCC12. The summed E-state index contributed by atoms with van der Waals surface area (Å²) in [7, 11) is 2.05. The Morgan fingerprint density at radius 1 is 1.04 bits per heavy atom. The van der Waals surface area contributed by atoms with Gasteiger partial charge in [0.25, 0.3) is 0 Å². The number of para-hydroxylation sites is 1. The molecule has 7 atom stereocenters. The summed E-state index contributed by atoms with van der Waals surface area (Å²) in [4.78, 5) is 14.4. The maximum absolute atomic E-state index is 12.3. The first kappa shape index (κ1) is 18.5. The lowest BCUT2D eigenvalue weighted by Gasteiger charge is -2.61. The Bertz CT molecular complexity index is 748. The molecular formula is C25H35NO2. The van der Waals surface area contributed by atoms with Gasteiger partial charge < -0.3 is 9.64 Å². The maximum atomic E-state index is 12.3. The van der Waals surface area contributed by atoms with Crippen molar-refractivity contribution in [3.05, 3.63) is 30.3 Å². The molecule has 3 saturated carbocycles. The molecule has 1 aromatic carbocycles. The molecule has 4 aliphatic rings. The highest BCUT2D eigenvalue weighted by Crippen LogP contribution is 2.64. The van der Waals surface area contributed by atoms with Crippen LogP contribution < -0.4 is 4.74 Å². The van der Waals surface area contributed by atoms with Crippen LogP contribution in [0.3, 0.4) is 0 Å². The van der Waals surface area contributed by atoms with Crippen LogP contribution in [0.5, 0.6) is 5.75 Å². The number of hydrogen-bond donors (Lipinski definition) is 0. The van der Waals surface area contributed by atoms with Gasteiger partial charge in [-0.15, -0.1) is 0 Å². The van der Waals surface area contributed by atoms with E-state index in [1.54, 1.807) is 0 Å². The van der Waals surface area contributed by atoms with Gasteiger partial charge in [0, 0.05) is 19.5 Å². The summed E-state index contributed by atoms with van der Waals surface area (Å²) in [6.07, 6.45) is 9.76. The lowest BCUT2D eigenvalue weighted by molar-refractivity contribution is -0.156. The average Bonchev–Trinajstić information content (AvgIpc) is 3.02. The van der Waals surface area contributed by atoms with Gasteiger partial charge in [0.2, 0.25) is 5.91 Å². The van der Waals surface area contributed by atoms with Gasteiger partial charge in [-0.3, -0.25) is 4.79 Å². The highest BCUT2D eigenvalue weighted by molar-refractivity contribution is 5.77. The second-order valence-corrected chi connectivity index (χ2v) is 10.7. The van der Waals surface area contributed by atoms with E-state index in [9.17, 15) is 4.79 Å². The number of carbonyl (C=O) groups excluding carboxylic acids is 1. The minimum absolute atomic E-state index is 0.311. The Balaban J connectivity index is 1.37. The Labute approximate surface area is 169 Å². The van der Waals surface area contributed by atoms with Crippen molar-refractivity contribution in [1.82, 2.24) is 4.90 Å². The minimum atomic E-state index is 0.311. The number of carbonyl (C=O) groups is 1. The van der Waals surface area contributed by atoms with Crippen LogP contribution in [-0.4, -0.2) is 30.0 Å². The fourth-order valence-corrected chi connectivity index (χ4v) is 7.93. The fourth-order valence-electron chi connectivity index (χ4n) is 7.93. The number of ether oxygens (including phenoxy) is 1. The van der Waals surface area contributed by atoms with Crippen LogP contribution >= 0.6 is 0 Å². The summed E-state index contributed by atoms with van der Waals surface area (Å²) in [5.74, 6) is 3.75. The zero-order valence-electron chi connectivity index (χ0n) is 17.7. The van der Waals surface area contributed by atoms with Gasteiger partial charge in [-0.1, -0.05) is 32.0 Å². The first-order chi connectivity index (χ1) is 13.4. The number of fused-ring (bicyclic) bond motifs is 5. The molecule has 1 heterocycles. The van der Waals surface area contributed by atoms with E-state index in [0.717, 1.165) is 36.3 Å². The minimum Gasteiger partial charge on any atom is -0.490 e. The van der Waals surface area contributed by atoms with Crippen molar-refractivity contribution in [2.75, 3.05) is 7.05 Å². The third-order valence-corrected chi connectivity index (χ3v) is 9.33. The van der Waals surface area contributed by atoms with Crippen molar-refractivity contribution in [3.8, 4) is 5.75 Å². The molecule has 0 N–H and O–H groups in total. The van der Waals surface area contributed by atoms with Crippen LogP contribution in [0.1, 0.15) is 65.2 Å². The molecule has 0 spiro atoms. The predicted molar refractivity (Wildman–Crippen MR) is 111 cm³/mol. The van der Waals surface area contributed by atoms with E-state index in [2.05, 4.69) is 56.1 Å². The number of hydrogen-bond acceptors (Lipinski definition) is 2. The van der Waals surface area contributed by atoms with E-state index in [4.69, 9.17) is 4.74 Å². The number of likely N-dealkylation sites (tertiary alicyclic amines) is 1. The van der Waals surface area contributed by atoms with Crippen molar-refractivity contribution in [3.63, 3.8) is 0 Å². The smallest absolute Gasteiger partial charge is 0.222 e. The van der Waals surface area contributed by atoms with E-state index in [1.807, 2.05) is 0 Å². The number of nitrogens with zero attached hydrogens (tertiary/aromatic N) is 1. The van der Waals surface area contributed by atoms with E-state index in [-0.39, 0.29) is 0 Å². The summed E-state index contributed by atoms with van der Waals surface area (Å²) >= 11 is 0. The van der Waals surface area contributed by atoms with Crippen LogP contribution in [0.25, 0.3) is 0 Å². The largest absolute Gasteiger partial charge is 0.490 e. The molecule has 5 rings (SSSR count). The standard InChI is InChI=1S/C25H35NO2/c1-24-13-11-20-19(9-10-22-25(20,2)14-12-23(27)26(22)3)21(24)15-18(16-24)28-17-7-5-4-6-8-17/h4-8,18-22H,9-16H2,1-3H3/t18-,19?,20?,21?,22?,24+,25+/m0/s1. The van der Waals surface area contributed by atoms with Gasteiger partial charge in [0.1, 0.15) is 5.75 Å². The second kappa shape index (κ2) is 6.50. The monoisotopic (exact) mass is 381 g/mol. The molecule has 0 bridgehead atoms.